The largest absolute Gasteiger partial charge is 0.298 e. The lowest BCUT2D eigenvalue weighted by molar-refractivity contribution is 0.111. The Morgan fingerprint density at radius 1 is 0.488 bits per heavy atom. The monoisotopic (exact) mass is 544 g/mol. The second-order valence-electron chi connectivity index (χ2n) is 11.0. The van der Waals surface area contributed by atoms with E-state index >= 15 is 0 Å². The molecule has 4 aromatic rings. The highest BCUT2D eigenvalue weighted by Gasteiger charge is 2.41. The molecule has 0 bridgehead atoms. The third kappa shape index (κ3) is 7.30. The standard InChI is InChI=1S/C37H38O2.C2H6/c38-27-31-21-17-29(18-22-31)11-3-1-9-25-37(26-10-2-4-12-30-19-23-32(28-39)24-20-30)35-15-7-5-13-33(35)34-14-6-8-16-36(34)37;1-2/h5-8,13-24,27-28H,1-4,9-12,25-26H2;1-2H3. The molecule has 0 saturated heterocycles. The van der Waals surface area contributed by atoms with Crippen LogP contribution in [0.2, 0.25) is 0 Å². The van der Waals surface area contributed by atoms with Gasteiger partial charge in [-0.15, -0.1) is 0 Å². The zero-order valence-electron chi connectivity index (χ0n) is 24.8. The van der Waals surface area contributed by atoms with Crippen molar-refractivity contribution < 1.29 is 9.59 Å². The fourth-order valence-electron chi connectivity index (χ4n) is 6.47. The van der Waals surface area contributed by atoms with Gasteiger partial charge in [-0.05, 0) is 71.9 Å². The first-order chi connectivity index (χ1) is 20.2. The molecule has 0 saturated carbocycles. The van der Waals surface area contributed by atoms with Gasteiger partial charge in [-0.25, -0.2) is 0 Å². The lowest BCUT2D eigenvalue weighted by Gasteiger charge is -2.33. The highest BCUT2D eigenvalue weighted by molar-refractivity contribution is 5.81. The van der Waals surface area contributed by atoms with Crippen LogP contribution in [0, 0.1) is 0 Å². The van der Waals surface area contributed by atoms with Crippen molar-refractivity contribution >= 4 is 12.6 Å². The average Bonchev–Trinajstić information content (AvgIpc) is 3.32. The van der Waals surface area contributed by atoms with Crippen molar-refractivity contribution in [2.24, 2.45) is 0 Å². The number of rotatable bonds is 14. The summed E-state index contributed by atoms with van der Waals surface area (Å²) in [7, 11) is 0. The topological polar surface area (TPSA) is 34.1 Å². The highest BCUT2D eigenvalue weighted by Crippen LogP contribution is 2.54. The second kappa shape index (κ2) is 15.3. The minimum Gasteiger partial charge on any atom is -0.298 e. The molecule has 0 atom stereocenters. The Hall–Kier alpha value is -3.78. The number of fused-ring (bicyclic) bond motifs is 3. The molecule has 0 unspecified atom stereocenters. The molecule has 0 spiro atoms. The number of carbonyl (C=O) groups excluding carboxylic acids is 2. The van der Waals surface area contributed by atoms with Crippen molar-refractivity contribution in [3.8, 4) is 11.1 Å². The molecule has 0 aliphatic heterocycles. The molecule has 41 heavy (non-hydrogen) atoms. The molecule has 0 fully saturated rings. The molecular formula is C39H44O2. The molecule has 5 rings (SSSR count). The van der Waals surface area contributed by atoms with Gasteiger partial charge in [0.2, 0.25) is 0 Å². The van der Waals surface area contributed by atoms with Gasteiger partial charge in [0.25, 0.3) is 0 Å². The average molecular weight is 545 g/mol. The van der Waals surface area contributed by atoms with Crippen molar-refractivity contribution in [2.45, 2.75) is 83.5 Å². The fourth-order valence-corrected chi connectivity index (χ4v) is 6.47. The number of hydrogen-bond donors (Lipinski definition) is 0. The van der Waals surface area contributed by atoms with Crippen molar-refractivity contribution in [2.75, 3.05) is 0 Å². The van der Waals surface area contributed by atoms with E-state index in [1.165, 1.54) is 84.7 Å². The number of benzene rings is 4. The van der Waals surface area contributed by atoms with Crippen LogP contribution in [0.5, 0.6) is 0 Å². The Morgan fingerprint density at radius 3 is 1.27 bits per heavy atom. The molecule has 1 aliphatic rings. The van der Waals surface area contributed by atoms with Gasteiger partial charge in [0.15, 0.2) is 0 Å². The first kappa shape index (κ1) is 30.2. The lowest BCUT2D eigenvalue weighted by Crippen LogP contribution is -2.25. The van der Waals surface area contributed by atoms with Gasteiger partial charge in [-0.2, -0.15) is 0 Å². The van der Waals surface area contributed by atoms with Crippen LogP contribution < -0.4 is 0 Å². The van der Waals surface area contributed by atoms with E-state index in [0.717, 1.165) is 36.5 Å². The number of aryl methyl sites for hydroxylation is 2. The van der Waals surface area contributed by atoms with E-state index in [4.69, 9.17) is 0 Å². The van der Waals surface area contributed by atoms with Gasteiger partial charge in [-0.1, -0.05) is 137 Å². The molecule has 2 nitrogen and oxygen atoms in total. The smallest absolute Gasteiger partial charge is 0.150 e. The molecule has 0 radical (unpaired) electrons. The summed E-state index contributed by atoms with van der Waals surface area (Å²) < 4.78 is 0. The zero-order valence-corrected chi connectivity index (χ0v) is 24.8. The number of aldehydes is 2. The van der Waals surface area contributed by atoms with Crippen LogP contribution >= 0.6 is 0 Å². The summed E-state index contributed by atoms with van der Waals surface area (Å²) in [6, 6.07) is 34.2. The van der Waals surface area contributed by atoms with E-state index in [1.54, 1.807) is 0 Å². The molecule has 0 N–H and O–H groups in total. The lowest BCUT2D eigenvalue weighted by atomic mass is 9.70. The highest BCUT2D eigenvalue weighted by atomic mass is 16.1. The summed E-state index contributed by atoms with van der Waals surface area (Å²) >= 11 is 0. The van der Waals surface area contributed by atoms with Gasteiger partial charge in [-0.3, -0.25) is 9.59 Å². The Bertz CT molecular complexity index is 1270. The molecular weight excluding hydrogens is 500 g/mol. The number of carbonyl (C=O) groups is 2. The summed E-state index contributed by atoms with van der Waals surface area (Å²) in [5.41, 5.74) is 10.1. The predicted molar refractivity (Wildman–Crippen MR) is 172 cm³/mol. The van der Waals surface area contributed by atoms with Crippen LogP contribution in [-0.4, -0.2) is 12.6 Å². The first-order valence-corrected chi connectivity index (χ1v) is 15.5. The molecule has 0 amide bonds. The summed E-state index contributed by atoms with van der Waals surface area (Å²) in [5, 5.41) is 0. The maximum absolute atomic E-state index is 10.9. The van der Waals surface area contributed by atoms with Crippen LogP contribution in [-0.2, 0) is 18.3 Å². The van der Waals surface area contributed by atoms with Crippen molar-refractivity contribution in [1.82, 2.24) is 0 Å². The van der Waals surface area contributed by atoms with Crippen molar-refractivity contribution in [3.05, 3.63) is 130 Å². The van der Waals surface area contributed by atoms with Gasteiger partial charge in [0.1, 0.15) is 12.6 Å². The number of unbranched alkanes of at least 4 members (excludes halogenated alkanes) is 4. The van der Waals surface area contributed by atoms with Crippen LogP contribution in [0.4, 0.5) is 0 Å². The van der Waals surface area contributed by atoms with E-state index in [-0.39, 0.29) is 5.41 Å². The minimum absolute atomic E-state index is 0.0877. The maximum atomic E-state index is 10.9. The normalized spacial score (nSPS) is 12.5. The van der Waals surface area contributed by atoms with Gasteiger partial charge >= 0.3 is 0 Å². The summed E-state index contributed by atoms with van der Waals surface area (Å²) in [4.78, 5) is 21.9. The Balaban J connectivity index is 0.00000189. The van der Waals surface area contributed by atoms with Crippen molar-refractivity contribution in [1.29, 1.82) is 0 Å². The van der Waals surface area contributed by atoms with Crippen LogP contribution in [0.15, 0.2) is 97.1 Å². The van der Waals surface area contributed by atoms with Crippen LogP contribution in [0.25, 0.3) is 11.1 Å². The predicted octanol–water partition coefficient (Wildman–Crippen LogP) is 10.2. The Morgan fingerprint density at radius 2 is 0.878 bits per heavy atom. The maximum Gasteiger partial charge on any atom is 0.150 e. The summed E-state index contributed by atoms with van der Waals surface area (Å²) in [5.74, 6) is 0. The summed E-state index contributed by atoms with van der Waals surface area (Å²) in [6.45, 7) is 4.00. The minimum atomic E-state index is 0.0877. The number of hydrogen-bond acceptors (Lipinski definition) is 2. The Kier molecular flexibility index (Phi) is 11.3. The second-order valence-corrected chi connectivity index (χ2v) is 11.0. The third-order valence-electron chi connectivity index (χ3n) is 8.55. The van der Waals surface area contributed by atoms with E-state index in [9.17, 15) is 9.59 Å². The van der Waals surface area contributed by atoms with E-state index in [0.29, 0.717) is 0 Å². The fraction of sp³-hybridized carbons (Fsp3) is 0.333. The van der Waals surface area contributed by atoms with E-state index in [2.05, 4.69) is 72.8 Å². The Labute approximate surface area is 246 Å². The van der Waals surface area contributed by atoms with Crippen molar-refractivity contribution in [3.63, 3.8) is 0 Å². The molecule has 2 heteroatoms. The van der Waals surface area contributed by atoms with Gasteiger partial charge in [0, 0.05) is 16.5 Å². The molecule has 0 heterocycles. The first-order valence-electron chi connectivity index (χ1n) is 15.5. The SMILES string of the molecule is CC.O=Cc1ccc(CCCCCC2(CCCCCc3ccc(C=O)cc3)c3ccccc3-c3ccccc32)cc1. The third-order valence-corrected chi connectivity index (χ3v) is 8.55. The zero-order chi connectivity index (χ0) is 28.9. The summed E-state index contributed by atoms with van der Waals surface area (Å²) in [6.07, 6.45) is 13.5. The quantitative estimate of drug-likeness (QED) is 0.117. The van der Waals surface area contributed by atoms with Crippen LogP contribution in [0.1, 0.15) is 108 Å². The molecule has 212 valence electrons. The van der Waals surface area contributed by atoms with E-state index < -0.39 is 0 Å². The molecule has 0 aromatic heterocycles. The van der Waals surface area contributed by atoms with Gasteiger partial charge < -0.3 is 0 Å². The van der Waals surface area contributed by atoms with Gasteiger partial charge in [0.05, 0.1) is 0 Å². The molecule has 4 aromatic carbocycles. The molecule has 1 aliphatic carbocycles. The van der Waals surface area contributed by atoms with Crippen LogP contribution in [0.3, 0.4) is 0 Å². The van der Waals surface area contributed by atoms with E-state index in [1.807, 2.05) is 38.1 Å².